The number of piperazine rings is 1. The highest BCUT2D eigenvalue weighted by molar-refractivity contribution is 5.58. The van der Waals surface area contributed by atoms with E-state index in [1.165, 1.54) is 42.9 Å². The summed E-state index contributed by atoms with van der Waals surface area (Å²) in [5, 5.41) is 3.40. The lowest BCUT2D eigenvalue weighted by molar-refractivity contribution is 0.233. The highest BCUT2D eigenvalue weighted by Crippen LogP contribution is 2.27. The van der Waals surface area contributed by atoms with Crippen molar-refractivity contribution in [3.05, 3.63) is 29.3 Å². The molecule has 3 nitrogen and oxygen atoms in total. The van der Waals surface area contributed by atoms with Crippen molar-refractivity contribution < 1.29 is 0 Å². The highest BCUT2D eigenvalue weighted by Gasteiger charge is 2.16. The number of rotatable bonds is 2. The van der Waals surface area contributed by atoms with Crippen LogP contribution in [-0.4, -0.2) is 44.7 Å². The van der Waals surface area contributed by atoms with Crippen LogP contribution in [0.5, 0.6) is 0 Å². The van der Waals surface area contributed by atoms with Crippen molar-refractivity contribution in [2.75, 3.05) is 44.7 Å². The largest absolute Gasteiger partial charge is 0.374 e. The Balaban J connectivity index is 1.71. The molecule has 0 spiro atoms. The third-order valence-corrected chi connectivity index (χ3v) is 3.89. The van der Waals surface area contributed by atoms with Crippen molar-refractivity contribution in [1.82, 2.24) is 10.2 Å². The van der Waals surface area contributed by atoms with Crippen molar-refractivity contribution >= 4 is 5.69 Å². The molecule has 1 N–H and O–H groups in total. The first kappa shape index (κ1) is 11.1. The van der Waals surface area contributed by atoms with E-state index in [0.717, 1.165) is 19.6 Å². The minimum atomic E-state index is 1.11. The molecule has 0 aromatic heterocycles. The Morgan fingerprint density at radius 2 is 2.00 bits per heavy atom. The summed E-state index contributed by atoms with van der Waals surface area (Å²) in [5.41, 5.74) is 4.43. The first-order valence-electron chi connectivity index (χ1n) is 6.59. The van der Waals surface area contributed by atoms with E-state index in [-0.39, 0.29) is 0 Å². The van der Waals surface area contributed by atoms with Crippen LogP contribution < -0.4 is 10.2 Å². The standard InChI is InChI=1S/C14H21N3/c1-16-7-4-13-10-12(2-3-14(13)16)11-17-8-5-15-6-9-17/h2-3,10,15H,4-9,11H2,1H3. The number of hydrogen-bond donors (Lipinski definition) is 1. The van der Waals surface area contributed by atoms with E-state index in [0.29, 0.717) is 0 Å². The average Bonchev–Trinajstić information content (AvgIpc) is 2.72. The van der Waals surface area contributed by atoms with Gasteiger partial charge in [0.1, 0.15) is 0 Å². The molecule has 1 aromatic rings. The van der Waals surface area contributed by atoms with Crippen molar-refractivity contribution in [1.29, 1.82) is 0 Å². The van der Waals surface area contributed by atoms with Crippen LogP contribution in [0.2, 0.25) is 0 Å². The van der Waals surface area contributed by atoms with Crippen LogP contribution >= 0.6 is 0 Å². The summed E-state index contributed by atoms with van der Waals surface area (Å²) in [6.07, 6.45) is 1.21. The zero-order chi connectivity index (χ0) is 11.7. The molecule has 1 aromatic carbocycles. The molecule has 0 aliphatic carbocycles. The summed E-state index contributed by atoms with van der Waals surface area (Å²) in [4.78, 5) is 4.89. The molecule has 3 heteroatoms. The second-order valence-electron chi connectivity index (χ2n) is 5.16. The van der Waals surface area contributed by atoms with Gasteiger partial charge in [0.15, 0.2) is 0 Å². The summed E-state index contributed by atoms with van der Waals surface area (Å²) in [6.45, 7) is 6.90. The number of anilines is 1. The number of benzene rings is 1. The Labute approximate surface area is 103 Å². The normalized spacial score (nSPS) is 20.6. The maximum Gasteiger partial charge on any atom is 0.0397 e. The first-order chi connectivity index (χ1) is 8.33. The Morgan fingerprint density at radius 3 is 2.82 bits per heavy atom. The summed E-state index contributed by atoms with van der Waals surface area (Å²) in [5.74, 6) is 0. The van der Waals surface area contributed by atoms with Crippen molar-refractivity contribution in [3.63, 3.8) is 0 Å². The summed E-state index contributed by atoms with van der Waals surface area (Å²) < 4.78 is 0. The summed E-state index contributed by atoms with van der Waals surface area (Å²) >= 11 is 0. The Bertz CT molecular complexity index is 396. The average molecular weight is 231 g/mol. The zero-order valence-electron chi connectivity index (χ0n) is 10.6. The van der Waals surface area contributed by atoms with Gasteiger partial charge in [-0.3, -0.25) is 4.90 Å². The number of nitrogens with zero attached hydrogens (tertiary/aromatic N) is 2. The molecule has 0 bridgehead atoms. The van der Waals surface area contributed by atoms with E-state index in [1.54, 1.807) is 0 Å². The molecule has 2 aliphatic rings. The van der Waals surface area contributed by atoms with Gasteiger partial charge in [0, 0.05) is 52.0 Å². The molecular weight excluding hydrogens is 210 g/mol. The van der Waals surface area contributed by atoms with Crippen LogP contribution in [0.3, 0.4) is 0 Å². The fourth-order valence-corrected chi connectivity index (χ4v) is 2.85. The van der Waals surface area contributed by atoms with Crippen LogP contribution in [0, 0.1) is 0 Å². The van der Waals surface area contributed by atoms with Gasteiger partial charge in [0.05, 0.1) is 0 Å². The Morgan fingerprint density at radius 1 is 1.18 bits per heavy atom. The van der Waals surface area contributed by atoms with E-state index < -0.39 is 0 Å². The van der Waals surface area contributed by atoms with Gasteiger partial charge in [-0.1, -0.05) is 12.1 Å². The molecule has 0 amide bonds. The van der Waals surface area contributed by atoms with Gasteiger partial charge in [-0.25, -0.2) is 0 Å². The van der Waals surface area contributed by atoms with Crippen LogP contribution in [0.25, 0.3) is 0 Å². The fraction of sp³-hybridized carbons (Fsp3) is 0.571. The van der Waals surface area contributed by atoms with Gasteiger partial charge in [-0.2, -0.15) is 0 Å². The summed E-state index contributed by atoms with van der Waals surface area (Å²) in [6, 6.07) is 6.99. The molecule has 17 heavy (non-hydrogen) atoms. The topological polar surface area (TPSA) is 18.5 Å². The molecule has 1 saturated heterocycles. The van der Waals surface area contributed by atoms with Gasteiger partial charge in [-0.05, 0) is 23.6 Å². The molecule has 92 valence electrons. The van der Waals surface area contributed by atoms with Crippen molar-refractivity contribution in [3.8, 4) is 0 Å². The second kappa shape index (κ2) is 4.67. The van der Waals surface area contributed by atoms with E-state index in [2.05, 4.69) is 40.4 Å². The molecule has 3 rings (SSSR count). The number of hydrogen-bond acceptors (Lipinski definition) is 3. The smallest absolute Gasteiger partial charge is 0.0397 e. The summed E-state index contributed by atoms with van der Waals surface area (Å²) in [7, 11) is 2.18. The van der Waals surface area contributed by atoms with E-state index in [1.807, 2.05) is 0 Å². The van der Waals surface area contributed by atoms with Crippen LogP contribution in [0.1, 0.15) is 11.1 Å². The molecule has 1 fully saturated rings. The molecular formula is C14H21N3. The maximum absolute atomic E-state index is 3.40. The maximum atomic E-state index is 3.40. The fourth-order valence-electron chi connectivity index (χ4n) is 2.85. The van der Waals surface area contributed by atoms with E-state index >= 15 is 0 Å². The van der Waals surface area contributed by atoms with E-state index in [9.17, 15) is 0 Å². The minimum Gasteiger partial charge on any atom is -0.374 e. The van der Waals surface area contributed by atoms with Crippen LogP contribution in [0.4, 0.5) is 5.69 Å². The lowest BCUT2D eigenvalue weighted by Crippen LogP contribution is -2.42. The SMILES string of the molecule is CN1CCc2cc(CN3CCNCC3)ccc21. The minimum absolute atomic E-state index is 1.11. The lowest BCUT2D eigenvalue weighted by atomic mass is 10.1. The Hall–Kier alpha value is -1.06. The van der Waals surface area contributed by atoms with E-state index in [4.69, 9.17) is 0 Å². The highest BCUT2D eigenvalue weighted by atomic mass is 15.2. The third kappa shape index (κ3) is 2.31. The second-order valence-corrected chi connectivity index (χ2v) is 5.16. The third-order valence-electron chi connectivity index (χ3n) is 3.89. The quantitative estimate of drug-likeness (QED) is 0.822. The first-order valence-corrected chi connectivity index (χ1v) is 6.59. The monoisotopic (exact) mass is 231 g/mol. The Kier molecular flexibility index (Phi) is 3.04. The zero-order valence-corrected chi connectivity index (χ0v) is 10.6. The van der Waals surface area contributed by atoms with Gasteiger partial charge in [0.2, 0.25) is 0 Å². The molecule has 0 unspecified atom stereocenters. The molecule has 0 atom stereocenters. The van der Waals surface area contributed by atoms with Gasteiger partial charge < -0.3 is 10.2 Å². The number of nitrogens with one attached hydrogen (secondary N) is 1. The van der Waals surface area contributed by atoms with Gasteiger partial charge in [-0.15, -0.1) is 0 Å². The molecule has 2 heterocycles. The predicted molar refractivity (Wildman–Crippen MR) is 71.6 cm³/mol. The molecule has 0 saturated carbocycles. The van der Waals surface area contributed by atoms with Gasteiger partial charge in [0.25, 0.3) is 0 Å². The number of likely N-dealkylation sites (N-methyl/N-ethyl adjacent to an activating group) is 1. The lowest BCUT2D eigenvalue weighted by Gasteiger charge is -2.27. The van der Waals surface area contributed by atoms with Gasteiger partial charge >= 0.3 is 0 Å². The molecule has 2 aliphatic heterocycles. The number of fused-ring (bicyclic) bond motifs is 1. The van der Waals surface area contributed by atoms with Crippen LogP contribution in [0.15, 0.2) is 18.2 Å². The molecule has 0 radical (unpaired) electrons. The van der Waals surface area contributed by atoms with Crippen molar-refractivity contribution in [2.24, 2.45) is 0 Å². The predicted octanol–water partition coefficient (Wildman–Crippen LogP) is 1.08. The van der Waals surface area contributed by atoms with Crippen molar-refractivity contribution in [2.45, 2.75) is 13.0 Å². The van der Waals surface area contributed by atoms with Crippen LogP contribution in [-0.2, 0) is 13.0 Å².